The van der Waals surface area contributed by atoms with Crippen LogP contribution in [0.2, 0.25) is 0 Å². The molecule has 0 aromatic heterocycles. The van der Waals surface area contributed by atoms with E-state index in [0.717, 1.165) is 24.2 Å². The quantitative estimate of drug-likeness (QED) is 0.875. The van der Waals surface area contributed by atoms with Crippen molar-refractivity contribution in [3.8, 4) is 5.75 Å². The number of carbonyl (C=O) groups is 1. The highest BCUT2D eigenvalue weighted by Gasteiger charge is 2.20. The maximum Gasteiger partial charge on any atom is 0.315 e. The number of ether oxygens (including phenoxy) is 1. The Bertz CT molecular complexity index is 432. The van der Waals surface area contributed by atoms with Gasteiger partial charge < -0.3 is 15.4 Å². The number of rotatable bonds is 4. The second kappa shape index (κ2) is 6.45. The molecule has 0 radical (unpaired) electrons. The summed E-state index contributed by atoms with van der Waals surface area (Å²) in [5.41, 5.74) is 1.15. The summed E-state index contributed by atoms with van der Waals surface area (Å²) in [5.74, 6) is 1.53. The average Bonchev–Trinajstić information content (AvgIpc) is 2.38. The molecule has 0 aliphatic carbocycles. The number of nitrogens with one attached hydrogen (secondary N) is 2. The van der Waals surface area contributed by atoms with E-state index >= 15 is 0 Å². The van der Waals surface area contributed by atoms with E-state index in [0.29, 0.717) is 19.1 Å². The van der Waals surface area contributed by atoms with Gasteiger partial charge in [-0.25, -0.2) is 4.79 Å². The third-order valence-electron chi connectivity index (χ3n) is 3.22. The number of urea groups is 1. The van der Waals surface area contributed by atoms with E-state index in [1.54, 1.807) is 0 Å². The maximum absolute atomic E-state index is 11.7. The minimum atomic E-state index is -0.103. The van der Waals surface area contributed by atoms with Gasteiger partial charge in [0.2, 0.25) is 0 Å². The van der Waals surface area contributed by atoms with Crippen LogP contribution in [0.4, 0.5) is 4.79 Å². The molecule has 0 fully saturated rings. The van der Waals surface area contributed by atoms with Crippen LogP contribution in [0.3, 0.4) is 0 Å². The first-order valence-electron chi connectivity index (χ1n) is 6.90. The van der Waals surface area contributed by atoms with Crippen molar-refractivity contribution in [1.82, 2.24) is 10.6 Å². The Morgan fingerprint density at radius 2 is 2.21 bits per heavy atom. The molecule has 1 heterocycles. The molecule has 4 nitrogen and oxygen atoms in total. The Morgan fingerprint density at radius 3 is 3.00 bits per heavy atom. The van der Waals surface area contributed by atoms with Crippen molar-refractivity contribution in [2.45, 2.75) is 32.7 Å². The SMILES string of the molecule is CC(C)CCNC(=O)N[C@@H]1COc2ccccc2C1. The normalized spacial score (nSPS) is 17.5. The van der Waals surface area contributed by atoms with Crippen molar-refractivity contribution in [1.29, 1.82) is 0 Å². The lowest BCUT2D eigenvalue weighted by Gasteiger charge is -2.26. The zero-order valence-electron chi connectivity index (χ0n) is 11.6. The molecular weight excluding hydrogens is 240 g/mol. The van der Waals surface area contributed by atoms with Crippen LogP contribution in [0.5, 0.6) is 5.75 Å². The number of hydrogen-bond acceptors (Lipinski definition) is 2. The summed E-state index contributed by atoms with van der Waals surface area (Å²) < 4.78 is 5.64. The summed E-state index contributed by atoms with van der Waals surface area (Å²) in [6.45, 7) is 5.54. The van der Waals surface area contributed by atoms with E-state index in [1.807, 2.05) is 24.3 Å². The molecule has 4 heteroatoms. The van der Waals surface area contributed by atoms with Gasteiger partial charge in [-0.1, -0.05) is 32.0 Å². The molecule has 0 saturated carbocycles. The van der Waals surface area contributed by atoms with Crippen molar-refractivity contribution in [2.75, 3.05) is 13.2 Å². The van der Waals surface area contributed by atoms with Crippen LogP contribution >= 0.6 is 0 Å². The number of carbonyl (C=O) groups excluding carboxylic acids is 1. The van der Waals surface area contributed by atoms with Crippen LogP contribution in [-0.2, 0) is 6.42 Å². The Kier molecular flexibility index (Phi) is 4.66. The third-order valence-corrected chi connectivity index (χ3v) is 3.22. The first-order chi connectivity index (χ1) is 9.15. The van der Waals surface area contributed by atoms with Crippen LogP contribution in [0, 0.1) is 5.92 Å². The molecule has 1 aromatic carbocycles. The molecule has 2 rings (SSSR count). The van der Waals surface area contributed by atoms with E-state index in [1.165, 1.54) is 0 Å². The number of amides is 2. The average molecular weight is 262 g/mol. The minimum Gasteiger partial charge on any atom is -0.491 e. The lowest BCUT2D eigenvalue weighted by molar-refractivity contribution is 0.214. The summed E-state index contributed by atoms with van der Waals surface area (Å²) in [6.07, 6.45) is 1.82. The topological polar surface area (TPSA) is 50.4 Å². The molecule has 2 N–H and O–H groups in total. The molecule has 0 bridgehead atoms. The highest BCUT2D eigenvalue weighted by atomic mass is 16.5. The number of hydrogen-bond donors (Lipinski definition) is 2. The van der Waals surface area contributed by atoms with Gasteiger partial charge in [0.1, 0.15) is 12.4 Å². The second-order valence-corrected chi connectivity index (χ2v) is 5.40. The summed E-state index contributed by atoms with van der Waals surface area (Å²) >= 11 is 0. The summed E-state index contributed by atoms with van der Waals surface area (Å²) in [6, 6.07) is 7.91. The van der Waals surface area contributed by atoms with Gasteiger partial charge in [0.15, 0.2) is 0 Å². The predicted molar refractivity (Wildman–Crippen MR) is 75.4 cm³/mol. The Balaban J connectivity index is 1.77. The Hall–Kier alpha value is -1.71. The molecule has 1 aliphatic heterocycles. The largest absolute Gasteiger partial charge is 0.491 e. The molecule has 0 unspecified atom stereocenters. The lowest BCUT2D eigenvalue weighted by Crippen LogP contribution is -2.47. The highest BCUT2D eigenvalue weighted by molar-refractivity contribution is 5.74. The smallest absolute Gasteiger partial charge is 0.315 e. The summed E-state index contributed by atoms with van der Waals surface area (Å²) in [7, 11) is 0. The van der Waals surface area contributed by atoms with Gasteiger partial charge in [-0.3, -0.25) is 0 Å². The van der Waals surface area contributed by atoms with Gasteiger partial charge in [-0.05, 0) is 30.4 Å². The van der Waals surface area contributed by atoms with Crippen LogP contribution in [-0.4, -0.2) is 25.2 Å². The standard InChI is InChI=1S/C15H22N2O2/c1-11(2)7-8-16-15(18)17-13-9-12-5-3-4-6-14(12)19-10-13/h3-6,11,13H,7-10H2,1-2H3,(H2,16,17,18)/t13-/m0/s1. The van der Waals surface area contributed by atoms with Gasteiger partial charge in [-0.15, -0.1) is 0 Å². The molecular formula is C15H22N2O2. The van der Waals surface area contributed by atoms with E-state index in [2.05, 4.69) is 24.5 Å². The summed E-state index contributed by atoms with van der Waals surface area (Å²) in [5, 5.41) is 5.84. The van der Waals surface area contributed by atoms with Gasteiger partial charge in [0, 0.05) is 6.54 Å². The Morgan fingerprint density at radius 1 is 1.42 bits per heavy atom. The number of para-hydroxylation sites is 1. The maximum atomic E-state index is 11.7. The molecule has 0 saturated heterocycles. The van der Waals surface area contributed by atoms with Gasteiger partial charge in [0.05, 0.1) is 6.04 Å². The molecule has 1 aromatic rings. The fraction of sp³-hybridized carbons (Fsp3) is 0.533. The van der Waals surface area contributed by atoms with Crippen LogP contribution in [0.15, 0.2) is 24.3 Å². The third kappa shape index (κ3) is 4.16. The zero-order valence-corrected chi connectivity index (χ0v) is 11.6. The molecule has 1 atom stereocenters. The van der Waals surface area contributed by atoms with Crippen LogP contribution in [0.1, 0.15) is 25.8 Å². The molecule has 1 aliphatic rings. The highest BCUT2D eigenvalue weighted by Crippen LogP contribution is 2.23. The van der Waals surface area contributed by atoms with Crippen LogP contribution in [0.25, 0.3) is 0 Å². The molecule has 2 amide bonds. The van der Waals surface area contributed by atoms with E-state index < -0.39 is 0 Å². The number of fused-ring (bicyclic) bond motifs is 1. The molecule has 0 spiro atoms. The number of benzene rings is 1. The van der Waals surface area contributed by atoms with Crippen molar-refractivity contribution in [2.24, 2.45) is 5.92 Å². The zero-order chi connectivity index (χ0) is 13.7. The van der Waals surface area contributed by atoms with Crippen molar-refractivity contribution < 1.29 is 9.53 Å². The van der Waals surface area contributed by atoms with E-state index in [4.69, 9.17) is 4.74 Å². The second-order valence-electron chi connectivity index (χ2n) is 5.40. The van der Waals surface area contributed by atoms with Gasteiger partial charge >= 0.3 is 6.03 Å². The van der Waals surface area contributed by atoms with Crippen molar-refractivity contribution in [3.63, 3.8) is 0 Å². The minimum absolute atomic E-state index is 0.0500. The molecule has 104 valence electrons. The van der Waals surface area contributed by atoms with E-state index in [9.17, 15) is 4.79 Å². The lowest BCUT2D eigenvalue weighted by atomic mass is 10.0. The van der Waals surface area contributed by atoms with Crippen molar-refractivity contribution >= 4 is 6.03 Å². The first-order valence-corrected chi connectivity index (χ1v) is 6.90. The molecule has 19 heavy (non-hydrogen) atoms. The van der Waals surface area contributed by atoms with Crippen LogP contribution < -0.4 is 15.4 Å². The monoisotopic (exact) mass is 262 g/mol. The fourth-order valence-corrected chi connectivity index (χ4v) is 2.13. The van der Waals surface area contributed by atoms with Gasteiger partial charge in [0.25, 0.3) is 0 Å². The first kappa shape index (κ1) is 13.7. The predicted octanol–water partition coefficient (Wildman–Crippen LogP) is 2.34. The fourth-order valence-electron chi connectivity index (χ4n) is 2.13. The van der Waals surface area contributed by atoms with Crippen molar-refractivity contribution in [3.05, 3.63) is 29.8 Å². The summed E-state index contributed by atoms with van der Waals surface area (Å²) in [4.78, 5) is 11.7. The van der Waals surface area contributed by atoms with Gasteiger partial charge in [-0.2, -0.15) is 0 Å². The Labute approximate surface area is 114 Å². The van der Waals surface area contributed by atoms with E-state index in [-0.39, 0.29) is 12.1 Å².